The summed E-state index contributed by atoms with van der Waals surface area (Å²) in [7, 11) is 1.25. The predicted molar refractivity (Wildman–Crippen MR) is 97.7 cm³/mol. The summed E-state index contributed by atoms with van der Waals surface area (Å²) < 4.78 is 3.90. The average molecular weight is 410 g/mol. The van der Waals surface area contributed by atoms with Gasteiger partial charge < -0.3 is 21.0 Å². The molecule has 2 atom stereocenters. The van der Waals surface area contributed by atoms with E-state index in [4.69, 9.17) is 5.73 Å². The molecule has 0 aromatic carbocycles. The SMILES string of the molecule is C=CC1=C(C(=O)O)N2C(=O)C(NC(=O)C(=NOC)c3nsc(N)n3)[C@@H]2SC1. The summed E-state index contributed by atoms with van der Waals surface area (Å²) in [5.41, 5.74) is 5.61. The third-order valence-electron chi connectivity index (χ3n) is 3.78. The molecule has 142 valence electrons. The van der Waals surface area contributed by atoms with E-state index in [-0.39, 0.29) is 22.4 Å². The Bertz CT molecular complexity index is 894. The van der Waals surface area contributed by atoms with Crippen molar-refractivity contribution in [1.29, 1.82) is 0 Å². The number of nitrogens with one attached hydrogen (secondary N) is 1. The molecule has 4 N–H and O–H groups in total. The first-order chi connectivity index (χ1) is 12.9. The summed E-state index contributed by atoms with van der Waals surface area (Å²) in [6.07, 6.45) is 1.41. The lowest BCUT2D eigenvalue weighted by Gasteiger charge is -2.49. The molecule has 0 radical (unpaired) electrons. The largest absolute Gasteiger partial charge is 0.477 e. The topological polar surface area (TPSA) is 160 Å². The highest BCUT2D eigenvalue weighted by molar-refractivity contribution is 8.00. The Balaban J connectivity index is 1.80. The number of β-lactam (4-membered cyclic amide) rings is 1. The Morgan fingerprint density at radius 2 is 2.30 bits per heavy atom. The van der Waals surface area contributed by atoms with Crippen LogP contribution in [0, 0.1) is 0 Å². The first-order valence-electron chi connectivity index (χ1n) is 7.44. The number of aromatic nitrogens is 2. The van der Waals surface area contributed by atoms with Crippen LogP contribution in [0.1, 0.15) is 5.82 Å². The standard InChI is InChI=1S/C14H14N6O5S2/c1-3-5-4-26-12-7(11(22)20(12)8(5)13(23)24)16-10(21)6(18-25-2)9-17-14(15)27-19-9/h3,7,12H,1,4H2,2H3,(H,16,21)(H,23,24)(H2,15,17,19)/t7?,12-/m0/s1. The summed E-state index contributed by atoms with van der Waals surface area (Å²) in [5, 5.41) is 15.1. The van der Waals surface area contributed by atoms with Crippen molar-refractivity contribution in [2.45, 2.75) is 11.4 Å². The smallest absolute Gasteiger partial charge is 0.352 e. The number of nitrogens with zero attached hydrogens (tertiary/aromatic N) is 4. The van der Waals surface area contributed by atoms with Gasteiger partial charge in [0, 0.05) is 17.3 Å². The quantitative estimate of drug-likeness (QED) is 0.316. The number of nitrogens with two attached hydrogens (primary N) is 1. The zero-order valence-electron chi connectivity index (χ0n) is 13.9. The molecule has 0 saturated carbocycles. The highest BCUT2D eigenvalue weighted by Crippen LogP contribution is 2.40. The van der Waals surface area contributed by atoms with E-state index in [1.165, 1.54) is 24.9 Å². The van der Waals surface area contributed by atoms with Crippen LogP contribution in [-0.4, -0.2) is 67.1 Å². The highest BCUT2D eigenvalue weighted by Gasteiger charge is 2.54. The van der Waals surface area contributed by atoms with Crippen molar-refractivity contribution in [1.82, 2.24) is 19.6 Å². The minimum atomic E-state index is -1.22. The van der Waals surface area contributed by atoms with Crippen LogP contribution in [0.25, 0.3) is 0 Å². The van der Waals surface area contributed by atoms with Crippen LogP contribution in [0.4, 0.5) is 5.13 Å². The normalized spacial score (nSPS) is 22.0. The third-order valence-corrected chi connectivity index (χ3v) is 5.63. The monoisotopic (exact) mass is 410 g/mol. The highest BCUT2D eigenvalue weighted by atomic mass is 32.2. The number of carbonyl (C=O) groups excluding carboxylic acids is 2. The van der Waals surface area contributed by atoms with Gasteiger partial charge in [-0.2, -0.15) is 9.36 Å². The lowest BCUT2D eigenvalue weighted by molar-refractivity contribution is -0.150. The van der Waals surface area contributed by atoms with Crippen LogP contribution in [0.5, 0.6) is 0 Å². The fourth-order valence-corrected chi connectivity index (χ4v) is 4.39. The number of carboxylic acid groups (broad SMARTS) is 1. The molecule has 1 fully saturated rings. The summed E-state index contributed by atoms with van der Waals surface area (Å²) in [6, 6.07) is -0.916. The molecule has 13 heteroatoms. The van der Waals surface area contributed by atoms with Crippen molar-refractivity contribution < 1.29 is 24.3 Å². The van der Waals surface area contributed by atoms with Gasteiger partial charge >= 0.3 is 5.97 Å². The van der Waals surface area contributed by atoms with Crippen molar-refractivity contribution >= 4 is 51.9 Å². The molecule has 1 saturated heterocycles. The number of allylic oxidation sites excluding steroid dienone is 1. The number of fused-ring (bicyclic) bond motifs is 1. The van der Waals surface area contributed by atoms with Gasteiger partial charge in [0.1, 0.15) is 24.2 Å². The van der Waals surface area contributed by atoms with Crippen molar-refractivity contribution in [3.8, 4) is 0 Å². The number of anilines is 1. The van der Waals surface area contributed by atoms with Crippen LogP contribution >= 0.6 is 23.3 Å². The van der Waals surface area contributed by atoms with Crippen molar-refractivity contribution in [3.63, 3.8) is 0 Å². The van der Waals surface area contributed by atoms with Gasteiger partial charge in [-0.3, -0.25) is 14.5 Å². The second kappa shape index (κ2) is 7.36. The molecular formula is C14H14N6O5S2. The van der Waals surface area contributed by atoms with Gasteiger partial charge in [-0.1, -0.05) is 17.8 Å². The Hall–Kier alpha value is -2.93. The maximum absolute atomic E-state index is 12.5. The molecule has 2 aliphatic rings. The summed E-state index contributed by atoms with van der Waals surface area (Å²) >= 11 is 2.20. The molecule has 3 heterocycles. The summed E-state index contributed by atoms with van der Waals surface area (Å²) in [6.45, 7) is 3.58. The van der Waals surface area contributed by atoms with E-state index >= 15 is 0 Å². The van der Waals surface area contributed by atoms with E-state index in [1.54, 1.807) is 0 Å². The minimum absolute atomic E-state index is 0.0307. The Kier molecular flexibility index (Phi) is 5.14. The van der Waals surface area contributed by atoms with Crippen molar-refractivity contribution in [2.75, 3.05) is 18.6 Å². The molecule has 1 aromatic rings. The van der Waals surface area contributed by atoms with Crippen LogP contribution < -0.4 is 11.1 Å². The number of aliphatic carboxylic acids is 1. The van der Waals surface area contributed by atoms with E-state index in [9.17, 15) is 19.5 Å². The van der Waals surface area contributed by atoms with E-state index in [0.717, 1.165) is 16.4 Å². The lowest BCUT2D eigenvalue weighted by Crippen LogP contribution is -2.71. The van der Waals surface area contributed by atoms with Crippen LogP contribution in [0.2, 0.25) is 0 Å². The molecule has 0 aliphatic carbocycles. The first-order valence-corrected chi connectivity index (χ1v) is 9.26. The van der Waals surface area contributed by atoms with Crippen LogP contribution in [0.3, 0.4) is 0 Å². The van der Waals surface area contributed by atoms with E-state index in [0.29, 0.717) is 11.3 Å². The lowest BCUT2D eigenvalue weighted by atomic mass is 10.0. The summed E-state index contributed by atoms with van der Waals surface area (Å²) in [4.78, 5) is 46.2. The number of carbonyl (C=O) groups is 3. The molecule has 1 unspecified atom stereocenters. The maximum atomic E-state index is 12.5. The number of rotatable bonds is 6. The number of thioether (sulfide) groups is 1. The zero-order chi connectivity index (χ0) is 19.7. The Labute approximate surface area is 161 Å². The average Bonchev–Trinajstić information content (AvgIpc) is 3.08. The molecule has 27 heavy (non-hydrogen) atoms. The number of nitrogen functional groups attached to an aromatic ring is 1. The molecule has 0 spiro atoms. The third kappa shape index (κ3) is 3.26. The minimum Gasteiger partial charge on any atom is -0.477 e. The molecule has 1 aromatic heterocycles. The molecule has 3 rings (SSSR count). The van der Waals surface area contributed by atoms with Crippen LogP contribution in [-0.2, 0) is 19.2 Å². The number of hydrogen-bond acceptors (Lipinski definition) is 10. The van der Waals surface area contributed by atoms with Gasteiger partial charge in [0.25, 0.3) is 11.8 Å². The molecular weight excluding hydrogens is 396 g/mol. The first kappa shape index (κ1) is 18.8. The summed E-state index contributed by atoms with van der Waals surface area (Å²) in [5.74, 6) is -2.17. The van der Waals surface area contributed by atoms with Gasteiger partial charge in [-0.15, -0.1) is 11.8 Å². The van der Waals surface area contributed by atoms with E-state index < -0.39 is 29.2 Å². The predicted octanol–water partition coefficient (Wildman–Crippen LogP) is -0.605. The molecule has 2 amide bonds. The van der Waals surface area contributed by atoms with E-state index in [1.807, 2.05) is 0 Å². The fraction of sp³-hybridized carbons (Fsp3) is 0.286. The Morgan fingerprint density at radius 3 is 2.85 bits per heavy atom. The number of carboxylic acids is 1. The maximum Gasteiger partial charge on any atom is 0.352 e. The van der Waals surface area contributed by atoms with Crippen LogP contribution in [0.15, 0.2) is 29.1 Å². The number of hydrogen-bond donors (Lipinski definition) is 3. The molecule has 11 nitrogen and oxygen atoms in total. The second-order valence-electron chi connectivity index (χ2n) is 5.32. The Morgan fingerprint density at radius 1 is 1.56 bits per heavy atom. The molecule has 0 bridgehead atoms. The van der Waals surface area contributed by atoms with Gasteiger partial charge in [0.15, 0.2) is 5.13 Å². The number of oxime groups is 1. The molecule has 2 aliphatic heterocycles. The fourth-order valence-electron chi connectivity index (χ4n) is 2.62. The van der Waals surface area contributed by atoms with Crippen molar-refractivity contribution in [2.24, 2.45) is 5.16 Å². The van der Waals surface area contributed by atoms with Crippen molar-refractivity contribution in [3.05, 3.63) is 29.7 Å². The second-order valence-corrected chi connectivity index (χ2v) is 7.21. The van der Waals surface area contributed by atoms with Gasteiger partial charge in [0.05, 0.1) is 0 Å². The van der Waals surface area contributed by atoms with E-state index in [2.05, 4.69) is 31.2 Å². The van der Waals surface area contributed by atoms with Gasteiger partial charge in [-0.25, -0.2) is 4.79 Å². The number of amides is 2. The van der Waals surface area contributed by atoms with Gasteiger partial charge in [0.2, 0.25) is 11.5 Å². The van der Waals surface area contributed by atoms with Gasteiger partial charge in [-0.05, 0) is 5.57 Å². The zero-order valence-corrected chi connectivity index (χ0v) is 15.5.